The van der Waals surface area contributed by atoms with E-state index in [0.717, 1.165) is 5.56 Å². The van der Waals surface area contributed by atoms with Crippen LogP contribution in [-0.2, 0) is 9.59 Å². The van der Waals surface area contributed by atoms with Crippen LogP contribution < -0.4 is 4.90 Å². The monoisotopic (exact) mass is 227 g/mol. The van der Waals surface area contributed by atoms with Crippen molar-refractivity contribution in [2.45, 2.75) is 13.8 Å². The molecule has 0 radical (unpaired) electrons. The van der Waals surface area contributed by atoms with Crippen molar-refractivity contribution in [3.63, 3.8) is 0 Å². The topological polar surface area (TPSA) is 37.4 Å². The Morgan fingerprint density at radius 2 is 1.47 bits per heavy atom. The molecular formula is C14H13NO2. The largest absolute Gasteiger partial charge is 0.269 e. The number of hydrogen-bond acceptors (Lipinski definition) is 2. The van der Waals surface area contributed by atoms with Gasteiger partial charge in [-0.2, -0.15) is 0 Å². The minimum atomic E-state index is -0.237. The molecule has 0 bridgehead atoms. The van der Waals surface area contributed by atoms with E-state index in [-0.39, 0.29) is 11.8 Å². The van der Waals surface area contributed by atoms with E-state index in [4.69, 9.17) is 0 Å². The lowest BCUT2D eigenvalue weighted by atomic mass is 10.2. The fourth-order valence-corrected chi connectivity index (χ4v) is 1.74. The van der Waals surface area contributed by atoms with E-state index in [0.29, 0.717) is 16.8 Å². The van der Waals surface area contributed by atoms with Crippen LogP contribution in [0.3, 0.4) is 0 Å². The van der Waals surface area contributed by atoms with Gasteiger partial charge in [0.25, 0.3) is 11.8 Å². The summed E-state index contributed by atoms with van der Waals surface area (Å²) in [5, 5.41) is 0. The average molecular weight is 227 g/mol. The molecule has 1 aliphatic heterocycles. The van der Waals surface area contributed by atoms with Crippen molar-refractivity contribution in [1.29, 1.82) is 0 Å². The highest BCUT2D eigenvalue weighted by Crippen LogP contribution is 2.26. The van der Waals surface area contributed by atoms with Gasteiger partial charge in [-0.3, -0.25) is 9.59 Å². The summed E-state index contributed by atoms with van der Waals surface area (Å²) in [5.41, 5.74) is 2.58. The predicted molar refractivity (Wildman–Crippen MR) is 67.4 cm³/mol. The second kappa shape index (κ2) is 4.01. The Balaban J connectivity index is 2.39. The third-order valence-electron chi connectivity index (χ3n) is 3.00. The molecule has 2 amide bonds. The molecule has 17 heavy (non-hydrogen) atoms. The van der Waals surface area contributed by atoms with Gasteiger partial charge in [0.05, 0.1) is 5.69 Å². The normalized spacial score (nSPS) is 15.8. The fraction of sp³-hybridized carbons (Fsp3) is 0.143. The van der Waals surface area contributed by atoms with Crippen LogP contribution in [0.4, 0.5) is 5.69 Å². The van der Waals surface area contributed by atoms with Gasteiger partial charge in [0.15, 0.2) is 0 Å². The lowest BCUT2D eigenvalue weighted by molar-refractivity contribution is -0.120. The summed E-state index contributed by atoms with van der Waals surface area (Å²) in [7, 11) is 0. The van der Waals surface area contributed by atoms with E-state index >= 15 is 0 Å². The van der Waals surface area contributed by atoms with E-state index in [1.807, 2.05) is 12.1 Å². The van der Waals surface area contributed by atoms with Crippen molar-refractivity contribution in [3.05, 3.63) is 47.6 Å². The van der Waals surface area contributed by atoms with Gasteiger partial charge in [-0.25, -0.2) is 4.90 Å². The molecule has 0 aliphatic carbocycles. The molecule has 0 N–H and O–H groups in total. The van der Waals surface area contributed by atoms with Crippen molar-refractivity contribution < 1.29 is 9.59 Å². The Morgan fingerprint density at radius 1 is 1.00 bits per heavy atom. The van der Waals surface area contributed by atoms with Crippen LogP contribution in [0.25, 0.3) is 6.08 Å². The molecule has 0 atom stereocenters. The second-order valence-corrected chi connectivity index (χ2v) is 3.99. The van der Waals surface area contributed by atoms with Crippen molar-refractivity contribution in [2.75, 3.05) is 4.90 Å². The van der Waals surface area contributed by atoms with E-state index < -0.39 is 0 Å². The van der Waals surface area contributed by atoms with Gasteiger partial charge in [-0.15, -0.1) is 0 Å². The number of nitrogens with zero attached hydrogens (tertiary/aromatic N) is 1. The van der Waals surface area contributed by atoms with E-state index in [2.05, 4.69) is 6.58 Å². The van der Waals surface area contributed by atoms with Crippen LogP contribution in [0.5, 0.6) is 0 Å². The minimum Gasteiger partial charge on any atom is -0.269 e. The lowest BCUT2D eigenvalue weighted by Gasteiger charge is -2.14. The van der Waals surface area contributed by atoms with Gasteiger partial charge in [-0.05, 0) is 31.5 Å². The third-order valence-corrected chi connectivity index (χ3v) is 3.00. The van der Waals surface area contributed by atoms with Gasteiger partial charge in [0.1, 0.15) is 0 Å². The van der Waals surface area contributed by atoms with Gasteiger partial charge < -0.3 is 0 Å². The summed E-state index contributed by atoms with van der Waals surface area (Å²) in [6.45, 7) is 7.00. The Hall–Kier alpha value is -2.16. The maximum atomic E-state index is 11.9. The summed E-state index contributed by atoms with van der Waals surface area (Å²) >= 11 is 0. The number of carbonyl (C=O) groups excluding carboxylic acids is 2. The molecule has 0 saturated carbocycles. The molecule has 0 aromatic heterocycles. The zero-order chi connectivity index (χ0) is 12.6. The number of anilines is 1. The first-order valence-corrected chi connectivity index (χ1v) is 5.35. The Bertz CT molecular complexity index is 514. The average Bonchev–Trinajstić information content (AvgIpc) is 2.54. The first-order valence-electron chi connectivity index (χ1n) is 5.35. The molecular weight excluding hydrogens is 214 g/mol. The van der Waals surface area contributed by atoms with Crippen LogP contribution in [0.15, 0.2) is 42.0 Å². The highest BCUT2D eigenvalue weighted by atomic mass is 16.2. The number of carbonyl (C=O) groups is 2. The maximum absolute atomic E-state index is 11.9. The van der Waals surface area contributed by atoms with Crippen molar-refractivity contribution in [1.82, 2.24) is 0 Å². The van der Waals surface area contributed by atoms with Gasteiger partial charge >= 0.3 is 0 Å². The van der Waals surface area contributed by atoms with Crippen LogP contribution in [0.1, 0.15) is 19.4 Å². The smallest absolute Gasteiger partial charge is 0.261 e. The molecule has 1 aliphatic rings. The van der Waals surface area contributed by atoms with E-state index in [1.54, 1.807) is 32.1 Å². The van der Waals surface area contributed by atoms with Crippen LogP contribution >= 0.6 is 0 Å². The maximum Gasteiger partial charge on any atom is 0.261 e. The molecule has 1 heterocycles. The Labute approximate surface area is 100 Å². The number of benzene rings is 1. The van der Waals surface area contributed by atoms with E-state index in [9.17, 15) is 9.59 Å². The summed E-state index contributed by atoms with van der Waals surface area (Å²) in [4.78, 5) is 25.0. The Morgan fingerprint density at radius 3 is 1.88 bits per heavy atom. The molecule has 3 nitrogen and oxygen atoms in total. The number of hydrogen-bond donors (Lipinski definition) is 0. The van der Waals surface area contributed by atoms with Gasteiger partial charge in [-0.1, -0.05) is 24.8 Å². The molecule has 1 aromatic carbocycles. The number of imide groups is 1. The SMILES string of the molecule is C=Cc1ccc(N2C(=O)C(C)=C(C)C2=O)cc1. The zero-order valence-electron chi connectivity index (χ0n) is 9.86. The lowest BCUT2D eigenvalue weighted by Crippen LogP contribution is -2.31. The highest BCUT2D eigenvalue weighted by Gasteiger charge is 2.34. The van der Waals surface area contributed by atoms with Crippen LogP contribution in [0, 0.1) is 0 Å². The molecule has 0 fully saturated rings. The molecule has 1 aromatic rings. The quantitative estimate of drug-likeness (QED) is 0.728. The summed E-state index contributed by atoms with van der Waals surface area (Å²) in [5.74, 6) is -0.474. The third kappa shape index (κ3) is 1.69. The molecule has 3 heteroatoms. The predicted octanol–water partition coefficient (Wildman–Crippen LogP) is 2.54. The van der Waals surface area contributed by atoms with E-state index in [1.165, 1.54) is 4.90 Å². The highest BCUT2D eigenvalue weighted by molar-refractivity contribution is 6.32. The number of rotatable bonds is 2. The fourth-order valence-electron chi connectivity index (χ4n) is 1.74. The summed E-state index contributed by atoms with van der Waals surface area (Å²) < 4.78 is 0. The second-order valence-electron chi connectivity index (χ2n) is 3.99. The molecule has 86 valence electrons. The van der Waals surface area contributed by atoms with Crippen molar-refractivity contribution >= 4 is 23.6 Å². The zero-order valence-corrected chi connectivity index (χ0v) is 9.86. The van der Waals surface area contributed by atoms with Gasteiger partial charge in [0.2, 0.25) is 0 Å². The van der Waals surface area contributed by atoms with Crippen molar-refractivity contribution in [3.8, 4) is 0 Å². The molecule has 0 unspecified atom stereocenters. The molecule has 2 rings (SSSR count). The van der Waals surface area contributed by atoms with Crippen molar-refractivity contribution in [2.24, 2.45) is 0 Å². The Kier molecular flexibility index (Phi) is 2.68. The molecule has 0 spiro atoms. The minimum absolute atomic E-state index is 0.237. The standard InChI is InChI=1S/C14H13NO2/c1-4-11-5-7-12(8-6-11)15-13(16)9(2)10(3)14(15)17/h4-8H,1H2,2-3H3. The number of amides is 2. The first kappa shape index (κ1) is 11.3. The van der Waals surface area contributed by atoms with Gasteiger partial charge in [0, 0.05) is 11.1 Å². The van der Waals surface area contributed by atoms with Crippen LogP contribution in [0.2, 0.25) is 0 Å². The summed E-state index contributed by atoms with van der Waals surface area (Å²) in [6.07, 6.45) is 1.71. The van der Waals surface area contributed by atoms with Crippen LogP contribution in [-0.4, -0.2) is 11.8 Å². The summed E-state index contributed by atoms with van der Waals surface area (Å²) in [6, 6.07) is 7.15. The first-order chi connectivity index (χ1) is 8.06. The molecule has 0 saturated heterocycles.